The summed E-state index contributed by atoms with van der Waals surface area (Å²) >= 11 is 0. The smallest absolute Gasteiger partial charge is 0.416 e. The summed E-state index contributed by atoms with van der Waals surface area (Å²) in [5.74, 6) is -0.427. The van der Waals surface area contributed by atoms with Gasteiger partial charge in [0.2, 0.25) is 11.4 Å². The molecule has 2 heterocycles. The van der Waals surface area contributed by atoms with Crippen LogP contribution in [0.15, 0.2) is 30.3 Å². The number of hydrogen-bond donors (Lipinski definition) is 2. The predicted molar refractivity (Wildman–Crippen MR) is 79.5 cm³/mol. The maximum atomic E-state index is 12.6. The molecule has 0 aliphatic carbocycles. The Morgan fingerprint density at radius 3 is 2.59 bits per heavy atom. The highest BCUT2D eigenvalue weighted by Gasteiger charge is 2.57. The fourth-order valence-electron chi connectivity index (χ4n) is 3.11. The molecule has 1 unspecified atom stereocenters. The number of ether oxygens (including phenoxy) is 1. The van der Waals surface area contributed by atoms with Gasteiger partial charge in [-0.15, -0.1) is 0 Å². The second-order valence-electron chi connectivity index (χ2n) is 5.36. The van der Waals surface area contributed by atoms with Gasteiger partial charge in [0.25, 0.3) is 0 Å². The normalized spacial score (nSPS) is 26.0. The number of anilines is 1. The molecule has 2 aliphatic heterocycles. The number of hydrogen-bond acceptors (Lipinski definition) is 6. The van der Waals surface area contributed by atoms with Gasteiger partial charge in [0.05, 0.1) is 0 Å². The van der Waals surface area contributed by atoms with Crippen molar-refractivity contribution in [3.05, 3.63) is 30.3 Å². The molecule has 2 fully saturated rings. The fraction of sp³-hybridized carbons (Fsp3) is 0.467. The zero-order valence-electron chi connectivity index (χ0n) is 12.2. The molecule has 7 heteroatoms. The van der Waals surface area contributed by atoms with Crippen LogP contribution in [0.3, 0.4) is 0 Å². The third-order valence-corrected chi connectivity index (χ3v) is 4.19. The van der Waals surface area contributed by atoms with Crippen LogP contribution in [-0.4, -0.2) is 66.9 Å². The van der Waals surface area contributed by atoms with Crippen LogP contribution in [0.2, 0.25) is 0 Å². The molecule has 0 radical (unpaired) electrons. The highest BCUT2D eigenvalue weighted by atomic mass is 16.6. The van der Waals surface area contributed by atoms with Gasteiger partial charge >= 0.3 is 6.09 Å². The van der Waals surface area contributed by atoms with E-state index in [1.807, 2.05) is 11.0 Å². The lowest BCUT2D eigenvalue weighted by atomic mass is 10.00. The van der Waals surface area contributed by atoms with Crippen LogP contribution in [0.25, 0.3) is 0 Å². The molecule has 22 heavy (non-hydrogen) atoms. The van der Waals surface area contributed by atoms with Gasteiger partial charge in [-0.1, -0.05) is 18.2 Å². The summed E-state index contributed by atoms with van der Waals surface area (Å²) in [4.78, 5) is 28.1. The molecular formula is C15H19N3O4. The summed E-state index contributed by atoms with van der Waals surface area (Å²) in [6.07, 6.45) is -0.563. The molecule has 2 N–H and O–H groups in total. The number of nitrogens with one attached hydrogen (secondary N) is 1. The molecule has 0 spiro atoms. The molecule has 1 amide bonds. The molecule has 2 saturated heterocycles. The third-order valence-electron chi connectivity index (χ3n) is 4.19. The Kier molecular flexibility index (Phi) is 4.10. The Morgan fingerprint density at radius 2 is 1.95 bits per heavy atom. The third kappa shape index (κ3) is 2.27. The van der Waals surface area contributed by atoms with Gasteiger partial charge < -0.3 is 15.2 Å². The largest absolute Gasteiger partial charge is 0.445 e. The van der Waals surface area contributed by atoms with Crippen LogP contribution in [0, 0.1) is 0 Å². The van der Waals surface area contributed by atoms with E-state index in [2.05, 4.69) is 5.32 Å². The molecule has 7 nitrogen and oxygen atoms in total. The average molecular weight is 305 g/mol. The standard InChI is InChI=1S/C15H19N3O4/c19-10-13(20)15(17-8-6-16-7-9-17)11-22-14(21)18(15)12-4-2-1-3-5-12/h1-5,16,19H,6-11H2. The summed E-state index contributed by atoms with van der Waals surface area (Å²) in [6.45, 7) is 1.94. The van der Waals surface area contributed by atoms with Crippen molar-refractivity contribution >= 4 is 17.6 Å². The quantitative estimate of drug-likeness (QED) is 0.802. The van der Waals surface area contributed by atoms with Crippen molar-refractivity contribution in [1.29, 1.82) is 0 Å². The molecule has 118 valence electrons. The van der Waals surface area contributed by atoms with Gasteiger partial charge in [0, 0.05) is 31.9 Å². The first kappa shape index (κ1) is 15.0. The number of amides is 1. The Morgan fingerprint density at radius 1 is 1.27 bits per heavy atom. The lowest BCUT2D eigenvalue weighted by molar-refractivity contribution is -0.134. The van der Waals surface area contributed by atoms with E-state index in [-0.39, 0.29) is 6.61 Å². The van der Waals surface area contributed by atoms with Gasteiger partial charge in [-0.05, 0) is 12.1 Å². The van der Waals surface area contributed by atoms with Crippen LogP contribution < -0.4 is 10.2 Å². The molecule has 0 bridgehead atoms. The topological polar surface area (TPSA) is 82.1 Å². The van der Waals surface area contributed by atoms with E-state index in [0.717, 1.165) is 13.1 Å². The summed E-state index contributed by atoms with van der Waals surface area (Å²) in [5, 5.41) is 12.7. The highest BCUT2D eigenvalue weighted by Crippen LogP contribution is 2.34. The molecule has 2 aliphatic rings. The van der Waals surface area contributed by atoms with Crippen molar-refractivity contribution in [3.63, 3.8) is 0 Å². The van der Waals surface area contributed by atoms with Gasteiger partial charge in [-0.3, -0.25) is 9.69 Å². The first-order valence-electron chi connectivity index (χ1n) is 7.32. The number of para-hydroxylation sites is 1. The molecule has 0 aromatic heterocycles. The SMILES string of the molecule is O=C1OCC(C(=O)CO)(N2CCNCC2)N1c1ccccc1. The molecular weight excluding hydrogens is 286 g/mol. The maximum absolute atomic E-state index is 12.6. The highest BCUT2D eigenvalue weighted by molar-refractivity contribution is 6.04. The fourth-order valence-corrected chi connectivity index (χ4v) is 3.11. The van der Waals surface area contributed by atoms with Crippen molar-refractivity contribution in [2.75, 3.05) is 44.3 Å². The molecule has 1 aromatic carbocycles. The summed E-state index contributed by atoms with van der Waals surface area (Å²) in [5.41, 5.74) is -0.680. The van der Waals surface area contributed by atoms with Gasteiger partial charge in [-0.2, -0.15) is 0 Å². The number of aliphatic hydroxyl groups excluding tert-OH is 1. The van der Waals surface area contributed by atoms with Gasteiger partial charge in [0.1, 0.15) is 13.2 Å². The van der Waals surface area contributed by atoms with Crippen molar-refractivity contribution in [2.45, 2.75) is 5.66 Å². The van der Waals surface area contributed by atoms with Crippen LogP contribution in [0.4, 0.5) is 10.5 Å². The van der Waals surface area contributed by atoms with Crippen LogP contribution in [0.5, 0.6) is 0 Å². The van der Waals surface area contributed by atoms with Crippen molar-refractivity contribution < 1.29 is 19.4 Å². The van der Waals surface area contributed by atoms with Crippen molar-refractivity contribution in [2.24, 2.45) is 0 Å². The summed E-state index contributed by atoms with van der Waals surface area (Å²) < 4.78 is 5.21. The Labute approximate surface area is 128 Å². The van der Waals surface area contributed by atoms with Crippen molar-refractivity contribution in [3.8, 4) is 0 Å². The van der Waals surface area contributed by atoms with Crippen LogP contribution in [0.1, 0.15) is 0 Å². The van der Waals surface area contributed by atoms with E-state index in [1.165, 1.54) is 4.90 Å². The van der Waals surface area contributed by atoms with Gasteiger partial charge in [0.15, 0.2) is 0 Å². The first-order valence-corrected chi connectivity index (χ1v) is 7.32. The second kappa shape index (κ2) is 6.04. The zero-order valence-corrected chi connectivity index (χ0v) is 12.2. The van der Waals surface area contributed by atoms with E-state index in [4.69, 9.17) is 4.74 Å². The number of piperazine rings is 1. The Hall–Kier alpha value is -1.96. The number of rotatable bonds is 4. The number of aliphatic hydroxyl groups is 1. The van der Waals surface area contributed by atoms with Crippen LogP contribution >= 0.6 is 0 Å². The van der Waals surface area contributed by atoms with E-state index < -0.39 is 24.1 Å². The van der Waals surface area contributed by atoms with Gasteiger partial charge in [-0.25, -0.2) is 9.69 Å². The molecule has 1 aromatic rings. The molecule has 1 atom stereocenters. The van der Waals surface area contributed by atoms with E-state index in [9.17, 15) is 14.7 Å². The maximum Gasteiger partial charge on any atom is 0.416 e. The Balaban J connectivity index is 2.06. The summed E-state index contributed by atoms with van der Waals surface area (Å²) in [7, 11) is 0. The van der Waals surface area contributed by atoms with Crippen molar-refractivity contribution in [1.82, 2.24) is 10.2 Å². The average Bonchev–Trinajstić information content (AvgIpc) is 2.94. The lowest BCUT2D eigenvalue weighted by Gasteiger charge is -2.44. The predicted octanol–water partition coefficient (Wildman–Crippen LogP) is -0.194. The van der Waals surface area contributed by atoms with E-state index in [1.54, 1.807) is 24.3 Å². The lowest BCUT2D eigenvalue weighted by Crippen LogP contribution is -2.69. The number of nitrogens with zero attached hydrogens (tertiary/aromatic N) is 2. The molecule has 0 saturated carbocycles. The number of Topliss-reactive ketones (excluding diaryl/α,β-unsaturated/α-hetero) is 1. The van der Waals surface area contributed by atoms with Crippen LogP contribution in [-0.2, 0) is 9.53 Å². The number of carbonyl (C=O) groups excluding carboxylic acids is 2. The second-order valence-corrected chi connectivity index (χ2v) is 5.36. The first-order chi connectivity index (χ1) is 10.7. The number of cyclic esters (lactones) is 1. The number of carbonyl (C=O) groups is 2. The number of benzene rings is 1. The zero-order chi connectivity index (χ0) is 15.6. The Bertz CT molecular complexity index is 559. The van der Waals surface area contributed by atoms with E-state index in [0.29, 0.717) is 18.8 Å². The number of ketones is 1. The monoisotopic (exact) mass is 305 g/mol. The minimum absolute atomic E-state index is 0.0693. The minimum Gasteiger partial charge on any atom is -0.445 e. The summed E-state index contributed by atoms with van der Waals surface area (Å²) in [6, 6.07) is 8.95. The minimum atomic E-state index is -1.27. The molecule has 3 rings (SSSR count). The van der Waals surface area contributed by atoms with E-state index >= 15 is 0 Å².